The minimum absolute atomic E-state index is 0.154. The molecule has 0 unspecified atom stereocenters. The number of amides is 1. The number of thiocarbonyl (C=S) groups is 1. The molecule has 1 fully saturated rings. The summed E-state index contributed by atoms with van der Waals surface area (Å²) < 4.78 is 26.5. The van der Waals surface area contributed by atoms with Gasteiger partial charge >= 0.3 is 0 Å². The van der Waals surface area contributed by atoms with Crippen molar-refractivity contribution in [2.24, 2.45) is 5.73 Å². The van der Waals surface area contributed by atoms with Gasteiger partial charge < -0.3 is 11.1 Å². The molecule has 6 nitrogen and oxygen atoms in total. The van der Waals surface area contributed by atoms with Gasteiger partial charge in [0.25, 0.3) is 0 Å². The topological polar surface area (TPSA) is 92.5 Å². The number of benzene rings is 1. The molecule has 0 aromatic heterocycles. The van der Waals surface area contributed by atoms with Gasteiger partial charge in [-0.05, 0) is 31.0 Å². The highest BCUT2D eigenvalue weighted by atomic mass is 32.2. The molecule has 0 radical (unpaired) electrons. The minimum Gasteiger partial charge on any atom is -0.389 e. The molecule has 0 spiro atoms. The van der Waals surface area contributed by atoms with E-state index in [-0.39, 0.29) is 22.3 Å². The molecule has 0 atom stereocenters. The van der Waals surface area contributed by atoms with Gasteiger partial charge in [0.15, 0.2) is 0 Å². The van der Waals surface area contributed by atoms with Crippen LogP contribution in [0.3, 0.4) is 0 Å². The Morgan fingerprint density at radius 2 is 2.14 bits per heavy atom. The molecular weight excluding hydrogens is 310 g/mol. The third-order valence-electron chi connectivity index (χ3n) is 3.30. The molecule has 0 aliphatic carbocycles. The Morgan fingerprint density at radius 1 is 1.43 bits per heavy atom. The van der Waals surface area contributed by atoms with Crippen LogP contribution in [0.2, 0.25) is 0 Å². The van der Waals surface area contributed by atoms with Crippen molar-refractivity contribution in [1.29, 1.82) is 0 Å². The van der Waals surface area contributed by atoms with Gasteiger partial charge in [-0.2, -0.15) is 4.31 Å². The molecule has 0 bridgehead atoms. The summed E-state index contributed by atoms with van der Waals surface area (Å²) in [5.41, 5.74) is 6.72. The van der Waals surface area contributed by atoms with Gasteiger partial charge in [0.1, 0.15) is 4.99 Å². The highest BCUT2D eigenvalue weighted by Crippen LogP contribution is 2.21. The van der Waals surface area contributed by atoms with Gasteiger partial charge in [-0.1, -0.05) is 18.3 Å². The van der Waals surface area contributed by atoms with Gasteiger partial charge in [0.2, 0.25) is 15.9 Å². The number of carbonyl (C=O) groups excluding carboxylic acids is 1. The number of hydrogen-bond donors (Lipinski definition) is 2. The van der Waals surface area contributed by atoms with E-state index in [0.717, 1.165) is 0 Å². The largest absolute Gasteiger partial charge is 0.389 e. The zero-order chi connectivity index (χ0) is 15.6. The molecule has 8 heteroatoms. The van der Waals surface area contributed by atoms with Crippen LogP contribution in [0.5, 0.6) is 0 Å². The first-order chi connectivity index (χ1) is 9.82. The van der Waals surface area contributed by atoms with Gasteiger partial charge in [-0.25, -0.2) is 8.42 Å². The quantitative estimate of drug-likeness (QED) is 0.771. The lowest BCUT2D eigenvalue weighted by molar-refractivity contribution is -0.120. The number of aryl methyl sites for hydroxylation is 1. The van der Waals surface area contributed by atoms with Gasteiger partial charge in [0, 0.05) is 18.7 Å². The van der Waals surface area contributed by atoms with E-state index in [4.69, 9.17) is 18.0 Å². The Balaban J connectivity index is 2.39. The fraction of sp³-hybridized carbons (Fsp3) is 0.385. The summed E-state index contributed by atoms with van der Waals surface area (Å²) in [6.45, 7) is 2.34. The van der Waals surface area contributed by atoms with E-state index in [0.29, 0.717) is 30.6 Å². The van der Waals surface area contributed by atoms with Crippen molar-refractivity contribution in [2.45, 2.75) is 18.2 Å². The van der Waals surface area contributed by atoms with Crippen molar-refractivity contribution in [2.75, 3.05) is 19.6 Å². The number of rotatable bonds is 3. The molecule has 3 N–H and O–H groups in total. The first kappa shape index (κ1) is 15.9. The van der Waals surface area contributed by atoms with Crippen LogP contribution in [-0.2, 0) is 14.8 Å². The fourth-order valence-corrected chi connectivity index (χ4v) is 3.98. The fourth-order valence-electron chi connectivity index (χ4n) is 2.21. The first-order valence-electron chi connectivity index (χ1n) is 6.49. The SMILES string of the molecule is Cc1cc(C(N)=S)ccc1S(=O)(=O)N1CCCNC(=O)C1. The second-order valence-corrected chi connectivity index (χ2v) is 7.23. The van der Waals surface area contributed by atoms with Crippen LogP contribution in [0.15, 0.2) is 23.1 Å². The lowest BCUT2D eigenvalue weighted by Crippen LogP contribution is -2.37. The molecule has 114 valence electrons. The summed E-state index contributed by atoms with van der Waals surface area (Å²) in [6.07, 6.45) is 0.592. The monoisotopic (exact) mass is 327 g/mol. The summed E-state index contributed by atoms with van der Waals surface area (Å²) in [5.74, 6) is -0.284. The third kappa shape index (κ3) is 3.39. The lowest BCUT2D eigenvalue weighted by Gasteiger charge is -2.20. The Morgan fingerprint density at radius 3 is 2.76 bits per heavy atom. The van der Waals surface area contributed by atoms with Crippen molar-refractivity contribution >= 4 is 33.1 Å². The Kier molecular flexibility index (Phi) is 4.60. The zero-order valence-electron chi connectivity index (χ0n) is 11.6. The Hall–Kier alpha value is -1.51. The molecule has 2 rings (SSSR count). The second kappa shape index (κ2) is 6.08. The maximum absolute atomic E-state index is 12.7. The molecule has 1 amide bonds. The Bertz CT molecular complexity index is 686. The van der Waals surface area contributed by atoms with Crippen LogP contribution in [0, 0.1) is 6.92 Å². The molecule has 1 saturated heterocycles. The molecule has 1 aromatic carbocycles. The first-order valence-corrected chi connectivity index (χ1v) is 8.34. The molecule has 1 heterocycles. The van der Waals surface area contributed by atoms with Crippen molar-refractivity contribution in [3.8, 4) is 0 Å². The highest BCUT2D eigenvalue weighted by molar-refractivity contribution is 7.89. The molecule has 1 aliphatic heterocycles. The number of hydrogen-bond acceptors (Lipinski definition) is 4. The smallest absolute Gasteiger partial charge is 0.243 e. The van der Waals surface area contributed by atoms with Crippen LogP contribution in [0.4, 0.5) is 0 Å². The van der Waals surface area contributed by atoms with Crippen molar-refractivity contribution in [1.82, 2.24) is 9.62 Å². The molecule has 21 heavy (non-hydrogen) atoms. The van der Waals surface area contributed by atoms with E-state index >= 15 is 0 Å². The third-order valence-corrected chi connectivity index (χ3v) is 5.54. The zero-order valence-corrected chi connectivity index (χ0v) is 13.3. The van der Waals surface area contributed by atoms with E-state index < -0.39 is 10.0 Å². The Labute approximate surface area is 129 Å². The lowest BCUT2D eigenvalue weighted by atomic mass is 10.1. The van der Waals surface area contributed by atoms with Crippen LogP contribution in [0.1, 0.15) is 17.5 Å². The molecule has 1 aromatic rings. The van der Waals surface area contributed by atoms with Crippen LogP contribution in [0.25, 0.3) is 0 Å². The molecule has 1 aliphatic rings. The predicted molar refractivity (Wildman–Crippen MR) is 83.5 cm³/mol. The van der Waals surface area contributed by atoms with Crippen molar-refractivity contribution < 1.29 is 13.2 Å². The number of sulfonamides is 1. The summed E-state index contributed by atoms with van der Waals surface area (Å²) in [5, 5.41) is 2.66. The highest BCUT2D eigenvalue weighted by Gasteiger charge is 2.29. The summed E-state index contributed by atoms with van der Waals surface area (Å²) >= 11 is 4.88. The van der Waals surface area contributed by atoms with E-state index in [1.165, 1.54) is 10.4 Å². The van der Waals surface area contributed by atoms with E-state index in [1.807, 2.05) is 0 Å². The van der Waals surface area contributed by atoms with Gasteiger partial charge in [-0.15, -0.1) is 0 Å². The number of carbonyl (C=O) groups is 1. The van der Waals surface area contributed by atoms with Crippen LogP contribution >= 0.6 is 12.2 Å². The van der Waals surface area contributed by atoms with Gasteiger partial charge in [-0.3, -0.25) is 4.79 Å². The predicted octanol–water partition coefficient (Wildman–Crippen LogP) is 0.140. The number of nitrogens with two attached hydrogens (primary N) is 1. The van der Waals surface area contributed by atoms with Gasteiger partial charge in [0.05, 0.1) is 11.4 Å². The normalized spacial score (nSPS) is 17.1. The average Bonchev–Trinajstić information content (AvgIpc) is 2.63. The average molecular weight is 327 g/mol. The molecule has 0 saturated carbocycles. The second-order valence-electron chi connectivity index (χ2n) is 4.89. The maximum atomic E-state index is 12.7. The maximum Gasteiger partial charge on any atom is 0.243 e. The van der Waals surface area contributed by atoms with E-state index in [1.54, 1.807) is 19.1 Å². The summed E-state index contributed by atoms with van der Waals surface area (Å²) in [7, 11) is -3.70. The summed E-state index contributed by atoms with van der Waals surface area (Å²) in [4.78, 5) is 11.9. The van der Waals surface area contributed by atoms with Crippen LogP contribution in [-0.4, -0.2) is 43.3 Å². The van der Waals surface area contributed by atoms with Crippen LogP contribution < -0.4 is 11.1 Å². The standard InChI is InChI=1S/C13H17N3O3S2/c1-9-7-10(13(14)20)3-4-11(9)21(18,19)16-6-2-5-15-12(17)8-16/h3-4,7H,2,5-6,8H2,1H3,(H2,14,20)(H,15,17). The molecular formula is C13H17N3O3S2. The minimum atomic E-state index is -3.70. The summed E-state index contributed by atoms with van der Waals surface area (Å²) in [6, 6.07) is 4.72. The number of nitrogens with zero attached hydrogens (tertiary/aromatic N) is 1. The van der Waals surface area contributed by atoms with Crippen molar-refractivity contribution in [3.63, 3.8) is 0 Å². The van der Waals surface area contributed by atoms with Crippen molar-refractivity contribution in [3.05, 3.63) is 29.3 Å². The number of nitrogens with one attached hydrogen (secondary N) is 1. The van der Waals surface area contributed by atoms with E-state index in [2.05, 4.69) is 5.32 Å². The van der Waals surface area contributed by atoms with E-state index in [9.17, 15) is 13.2 Å².